The zero-order chi connectivity index (χ0) is 28.0. The van der Waals surface area contributed by atoms with E-state index in [-0.39, 0.29) is 18.2 Å². The second-order valence-corrected chi connectivity index (χ2v) is 11.6. The van der Waals surface area contributed by atoms with Crippen molar-refractivity contribution in [3.05, 3.63) is 42.6 Å². The summed E-state index contributed by atoms with van der Waals surface area (Å²) in [5, 5.41) is 3.27. The Labute approximate surface area is 226 Å². The molecule has 4 rings (SSSR count). The summed E-state index contributed by atoms with van der Waals surface area (Å²) in [6.45, 7) is 4.80. The van der Waals surface area contributed by atoms with E-state index in [2.05, 4.69) is 15.2 Å². The van der Waals surface area contributed by atoms with Crippen LogP contribution in [0.1, 0.15) is 39.0 Å². The van der Waals surface area contributed by atoms with Crippen molar-refractivity contribution in [1.29, 1.82) is 0 Å². The van der Waals surface area contributed by atoms with Gasteiger partial charge in [-0.1, -0.05) is 6.92 Å². The number of hydrogen-bond acceptors (Lipinski definition) is 8. The van der Waals surface area contributed by atoms with Crippen molar-refractivity contribution in [2.24, 2.45) is 0 Å². The van der Waals surface area contributed by atoms with E-state index in [0.29, 0.717) is 38.5 Å². The Balaban J connectivity index is 1.24. The first kappa shape index (κ1) is 28.8. The van der Waals surface area contributed by atoms with E-state index in [0.717, 1.165) is 55.8 Å². The number of nitrogens with zero attached hydrogens (tertiary/aromatic N) is 3. The van der Waals surface area contributed by atoms with Crippen LogP contribution in [0.2, 0.25) is 0 Å². The zero-order valence-electron chi connectivity index (χ0n) is 21.7. The van der Waals surface area contributed by atoms with E-state index in [1.807, 2.05) is 19.1 Å². The number of nitrogens with one attached hydrogen (secondary N) is 1. The van der Waals surface area contributed by atoms with Gasteiger partial charge in [-0.3, -0.25) is 0 Å². The van der Waals surface area contributed by atoms with Gasteiger partial charge in [0.15, 0.2) is 0 Å². The van der Waals surface area contributed by atoms with Gasteiger partial charge < -0.3 is 24.6 Å². The van der Waals surface area contributed by atoms with Crippen molar-refractivity contribution in [3.63, 3.8) is 0 Å². The summed E-state index contributed by atoms with van der Waals surface area (Å²) in [6, 6.07) is 8.48. The molecule has 0 atom stereocenters. The highest BCUT2D eigenvalue weighted by Gasteiger charge is 2.46. The standard InChI is InChI=1S/C26H33F3N4O5S/c1-2-17-37-25(34)33-15-13-32(14-16-33)24-18-22(11-12-30-24)38-21-7-3-19(4-8-21)31-20-5-9-23(10-6-20)39(35,36)26(27,28)29/h5-6,9-12,18-19,21,31H,2-4,7-8,13-17H2,1H3. The van der Waals surface area contributed by atoms with Crippen molar-refractivity contribution >= 4 is 27.4 Å². The van der Waals surface area contributed by atoms with Crippen LogP contribution in [-0.4, -0.2) is 74.8 Å². The van der Waals surface area contributed by atoms with Crippen LogP contribution in [0.5, 0.6) is 5.75 Å². The third-order valence-corrected chi connectivity index (χ3v) is 8.33. The first-order valence-corrected chi connectivity index (χ1v) is 14.5. The molecule has 2 fully saturated rings. The number of halogens is 3. The van der Waals surface area contributed by atoms with Crippen LogP contribution in [0.4, 0.5) is 29.5 Å². The molecule has 0 radical (unpaired) electrons. The van der Waals surface area contributed by atoms with Crippen molar-refractivity contribution in [3.8, 4) is 5.75 Å². The molecule has 1 aliphatic carbocycles. The van der Waals surface area contributed by atoms with Crippen LogP contribution in [0.15, 0.2) is 47.5 Å². The molecule has 214 valence electrons. The topological polar surface area (TPSA) is 101 Å². The summed E-state index contributed by atoms with van der Waals surface area (Å²) in [6.07, 6.45) is 5.39. The predicted octanol–water partition coefficient (Wildman–Crippen LogP) is 4.85. The van der Waals surface area contributed by atoms with Gasteiger partial charge in [-0.05, 0) is 62.4 Å². The summed E-state index contributed by atoms with van der Waals surface area (Å²) in [7, 11) is -5.36. The number of ether oxygens (including phenoxy) is 2. The molecule has 1 amide bonds. The monoisotopic (exact) mass is 570 g/mol. The fraction of sp³-hybridized carbons (Fsp3) is 0.538. The van der Waals surface area contributed by atoms with Crippen molar-refractivity contribution in [2.45, 2.75) is 61.6 Å². The fourth-order valence-corrected chi connectivity index (χ4v) is 5.42. The van der Waals surface area contributed by atoms with E-state index in [1.165, 1.54) is 12.1 Å². The normalized spacial score (nSPS) is 20.4. The summed E-state index contributed by atoms with van der Waals surface area (Å²) in [5.74, 6) is 1.52. The number of carbonyl (C=O) groups is 1. The second-order valence-electron chi connectivity index (χ2n) is 9.65. The number of piperazine rings is 1. The Kier molecular flexibility index (Phi) is 9.08. The Hall–Kier alpha value is -3.22. The lowest BCUT2D eigenvalue weighted by Crippen LogP contribution is -2.49. The van der Waals surface area contributed by atoms with Gasteiger partial charge >= 0.3 is 11.6 Å². The van der Waals surface area contributed by atoms with E-state index in [4.69, 9.17) is 9.47 Å². The molecule has 0 unspecified atom stereocenters. The minimum absolute atomic E-state index is 0.0165. The molecule has 0 bridgehead atoms. The number of rotatable bonds is 8. The van der Waals surface area contributed by atoms with Crippen LogP contribution in [-0.2, 0) is 14.6 Å². The Morgan fingerprint density at radius 1 is 1.05 bits per heavy atom. The number of amides is 1. The van der Waals surface area contributed by atoms with E-state index in [1.54, 1.807) is 11.1 Å². The van der Waals surface area contributed by atoms with E-state index >= 15 is 0 Å². The second kappa shape index (κ2) is 12.3. The van der Waals surface area contributed by atoms with Gasteiger partial charge in [-0.25, -0.2) is 18.2 Å². The molecule has 9 nitrogen and oxygen atoms in total. The number of hydrogen-bond donors (Lipinski definition) is 1. The van der Waals surface area contributed by atoms with Gasteiger partial charge in [0.1, 0.15) is 11.6 Å². The Morgan fingerprint density at radius 3 is 2.33 bits per heavy atom. The van der Waals surface area contributed by atoms with Gasteiger partial charge in [0.05, 0.1) is 17.6 Å². The van der Waals surface area contributed by atoms with Crippen LogP contribution in [0.3, 0.4) is 0 Å². The highest BCUT2D eigenvalue weighted by atomic mass is 32.2. The molecule has 1 aliphatic heterocycles. The van der Waals surface area contributed by atoms with Gasteiger partial charge in [0, 0.05) is 50.2 Å². The van der Waals surface area contributed by atoms with Gasteiger partial charge in [0.25, 0.3) is 9.84 Å². The first-order valence-electron chi connectivity index (χ1n) is 13.0. The SMILES string of the molecule is CCCOC(=O)N1CCN(c2cc(OC3CCC(Nc4ccc(S(=O)(=O)C(F)(F)F)cc4)CC3)ccn2)CC1. The molecular weight excluding hydrogens is 537 g/mol. The number of carbonyl (C=O) groups excluding carboxylic acids is 1. The van der Waals surface area contributed by atoms with Crippen molar-refractivity contribution in [1.82, 2.24) is 9.88 Å². The molecule has 2 aromatic rings. The maximum atomic E-state index is 12.7. The van der Waals surface area contributed by atoms with Crippen LogP contribution >= 0.6 is 0 Å². The lowest BCUT2D eigenvalue weighted by atomic mass is 9.92. The smallest absolute Gasteiger partial charge is 0.490 e. The first-order chi connectivity index (χ1) is 18.6. The maximum absolute atomic E-state index is 12.7. The Morgan fingerprint density at radius 2 is 1.72 bits per heavy atom. The number of alkyl halides is 3. The molecule has 2 aliphatic rings. The number of pyridine rings is 1. The summed E-state index contributed by atoms with van der Waals surface area (Å²) < 4.78 is 72.7. The minimum atomic E-state index is -5.36. The van der Waals surface area contributed by atoms with Crippen LogP contribution in [0, 0.1) is 0 Å². The molecule has 1 saturated carbocycles. The minimum Gasteiger partial charge on any atom is -0.490 e. The molecule has 0 spiro atoms. The third-order valence-electron chi connectivity index (χ3n) is 6.83. The van der Waals surface area contributed by atoms with Crippen LogP contribution < -0.4 is 15.0 Å². The molecule has 1 aromatic heterocycles. The largest absolute Gasteiger partial charge is 0.501 e. The molecule has 13 heteroatoms. The van der Waals surface area contributed by atoms with Crippen molar-refractivity contribution < 1.29 is 35.9 Å². The quantitative estimate of drug-likeness (QED) is 0.481. The molecule has 1 aromatic carbocycles. The van der Waals surface area contributed by atoms with Crippen LogP contribution in [0.25, 0.3) is 0 Å². The van der Waals surface area contributed by atoms with Crippen molar-refractivity contribution in [2.75, 3.05) is 43.0 Å². The molecule has 1 N–H and O–H groups in total. The predicted molar refractivity (Wildman–Crippen MR) is 140 cm³/mol. The zero-order valence-corrected chi connectivity index (χ0v) is 22.5. The lowest BCUT2D eigenvalue weighted by Gasteiger charge is -2.35. The Bertz CT molecular complexity index is 1210. The summed E-state index contributed by atoms with van der Waals surface area (Å²) in [4.78, 5) is 19.6. The highest BCUT2D eigenvalue weighted by molar-refractivity contribution is 7.92. The average Bonchev–Trinajstić information content (AvgIpc) is 2.93. The maximum Gasteiger partial charge on any atom is 0.501 e. The number of anilines is 2. The average molecular weight is 571 g/mol. The van der Waals surface area contributed by atoms with E-state index in [9.17, 15) is 26.4 Å². The van der Waals surface area contributed by atoms with Gasteiger partial charge in [-0.2, -0.15) is 13.2 Å². The highest BCUT2D eigenvalue weighted by Crippen LogP contribution is 2.32. The molecular formula is C26H33F3N4O5S. The summed E-state index contributed by atoms with van der Waals surface area (Å²) in [5.41, 5.74) is -4.76. The van der Waals surface area contributed by atoms with Gasteiger partial charge in [0.2, 0.25) is 0 Å². The van der Waals surface area contributed by atoms with E-state index < -0.39 is 20.2 Å². The third kappa shape index (κ3) is 7.25. The lowest BCUT2D eigenvalue weighted by molar-refractivity contribution is -0.0436. The number of aromatic nitrogens is 1. The number of benzene rings is 1. The summed E-state index contributed by atoms with van der Waals surface area (Å²) >= 11 is 0. The van der Waals surface area contributed by atoms with Gasteiger partial charge in [-0.15, -0.1) is 0 Å². The fourth-order valence-electron chi connectivity index (χ4n) is 4.66. The molecule has 1 saturated heterocycles. The molecule has 39 heavy (non-hydrogen) atoms. The number of sulfone groups is 1. The molecule has 2 heterocycles.